The van der Waals surface area contributed by atoms with Crippen LogP contribution in [0.1, 0.15) is 18.1 Å². The molecule has 1 aromatic heterocycles. The summed E-state index contributed by atoms with van der Waals surface area (Å²) in [5, 5.41) is 24.0. The average Bonchev–Trinajstić information content (AvgIpc) is 2.71. The van der Waals surface area contributed by atoms with Gasteiger partial charge in [0.2, 0.25) is 5.91 Å². The lowest BCUT2D eigenvalue weighted by atomic mass is 10.1. The molecule has 2 rings (SSSR count). The third-order valence-corrected chi connectivity index (χ3v) is 4.84. The zero-order valence-electron chi connectivity index (χ0n) is 16.1. The quantitative estimate of drug-likeness (QED) is 0.401. The van der Waals surface area contributed by atoms with Crippen molar-refractivity contribution in [2.24, 2.45) is 0 Å². The molecule has 0 radical (unpaired) electrons. The molecule has 30 heavy (non-hydrogen) atoms. The van der Waals surface area contributed by atoms with Crippen LogP contribution in [0.5, 0.6) is 0 Å². The van der Waals surface area contributed by atoms with Crippen molar-refractivity contribution in [3.8, 4) is 0 Å². The van der Waals surface area contributed by atoms with Gasteiger partial charge in [0.15, 0.2) is 0 Å². The Bertz CT molecular complexity index is 878. The number of nitrogens with one attached hydrogen (secondary N) is 2. The average molecular weight is 480 g/mol. The molecule has 0 spiro atoms. The number of hydrogen-bond acceptors (Lipinski definition) is 6. The largest absolute Gasteiger partial charge is 0.480 e. The maximum absolute atomic E-state index is 12.6. The summed E-state index contributed by atoms with van der Waals surface area (Å²) >= 11 is 3.23. The van der Waals surface area contributed by atoms with Crippen molar-refractivity contribution in [1.29, 1.82) is 0 Å². The van der Waals surface area contributed by atoms with Gasteiger partial charge in [0.05, 0.1) is 6.10 Å². The van der Waals surface area contributed by atoms with Gasteiger partial charge in [-0.15, -0.1) is 0 Å². The molecule has 2 amide bonds. The predicted octanol–water partition coefficient (Wildman–Crippen LogP) is 1.63. The summed E-state index contributed by atoms with van der Waals surface area (Å²) in [6.45, 7) is 1.28. The molecule has 0 unspecified atom stereocenters. The number of aromatic nitrogens is 1. The number of alkyl carbamates (subject to hydrolysis) is 1. The number of benzene rings is 1. The molecule has 0 bridgehead atoms. The van der Waals surface area contributed by atoms with E-state index in [9.17, 15) is 24.6 Å². The lowest BCUT2D eigenvalue weighted by Gasteiger charge is -2.23. The van der Waals surface area contributed by atoms with Crippen LogP contribution in [0.15, 0.2) is 53.3 Å². The molecular weight excluding hydrogens is 458 g/mol. The molecular formula is C20H22BrN3O6. The highest BCUT2D eigenvalue weighted by Gasteiger charge is 2.30. The van der Waals surface area contributed by atoms with Crippen LogP contribution in [-0.4, -0.2) is 51.4 Å². The fourth-order valence-corrected chi connectivity index (χ4v) is 2.96. The summed E-state index contributed by atoms with van der Waals surface area (Å²) < 4.78 is 5.51. The van der Waals surface area contributed by atoms with E-state index in [4.69, 9.17) is 4.74 Å². The number of carboxylic acid groups (broad SMARTS) is 1. The molecule has 9 nitrogen and oxygen atoms in total. The minimum absolute atomic E-state index is 0.0202. The number of carbonyl (C=O) groups is 3. The second-order valence-electron chi connectivity index (χ2n) is 6.48. The molecule has 3 atom stereocenters. The van der Waals surface area contributed by atoms with Crippen molar-refractivity contribution in [1.82, 2.24) is 15.6 Å². The first-order chi connectivity index (χ1) is 14.3. The number of aliphatic hydroxyl groups is 1. The Kier molecular flexibility index (Phi) is 8.75. The molecule has 10 heteroatoms. The van der Waals surface area contributed by atoms with Crippen LogP contribution in [0.2, 0.25) is 0 Å². The Morgan fingerprint density at radius 1 is 1.13 bits per heavy atom. The normalized spacial score (nSPS) is 13.6. The van der Waals surface area contributed by atoms with Crippen LogP contribution < -0.4 is 10.6 Å². The van der Waals surface area contributed by atoms with Gasteiger partial charge < -0.3 is 25.6 Å². The molecule has 0 aliphatic rings. The molecule has 160 valence electrons. The van der Waals surface area contributed by atoms with E-state index < -0.39 is 36.2 Å². The van der Waals surface area contributed by atoms with E-state index in [1.54, 1.807) is 36.4 Å². The van der Waals surface area contributed by atoms with Crippen LogP contribution in [0, 0.1) is 0 Å². The van der Waals surface area contributed by atoms with E-state index in [-0.39, 0.29) is 13.0 Å². The summed E-state index contributed by atoms with van der Waals surface area (Å²) in [4.78, 5) is 40.2. The maximum atomic E-state index is 12.6. The number of nitrogens with zero attached hydrogens (tertiary/aromatic N) is 1. The highest BCUT2D eigenvalue weighted by Crippen LogP contribution is 2.15. The monoisotopic (exact) mass is 479 g/mol. The van der Waals surface area contributed by atoms with Crippen molar-refractivity contribution in [2.75, 3.05) is 0 Å². The SMILES string of the molecule is C[C@@H](O)[C@H](NC(=O)OCc1ccccc1)C(=O)N[C@H](Cc1cccnc1Br)C(=O)O. The maximum Gasteiger partial charge on any atom is 0.408 e. The Labute approximate surface area is 181 Å². The van der Waals surface area contributed by atoms with E-state index in [2.05, 4.69) is 31.5 Å². The van der Waals surface area contributed by atoms with Gasteiger partial charge in [-0.05, 0) is 40.0 Å². The van der Waals surface area contributed by atoms with Gasteiger partial charge >= 0.3 is 12.1 Å². The van der Waals surface area contributed by atoms with E-state index in [1.165, 1.54) is 13.1 Å². The summed E-state index contributed by atoms with van der Waals surface area (Å²) in [6.07, 6.45) is -0.702. The number of carboxylic acids is 1. The van der Waals surface area contributed by atoms with E-state index in [1.807, 2.05) is 6.07 Å². The molecule has 0 aliphatic carbocycles. The van der Waals surface area contributed by atoms with Crippen molar-refractivity contribution in [3.05, 3.63) is 64.4 Å². The van der Waals surface area contributed by atoms with E-state index in [0.29, 0.717) is 10.2 Å². The van der Waals surface area contributed by atoms with Crippen molar-refractivity contribution in [3.63, 3.8) is 0 Å². The fourth-order valence-electron chi connectivity index (χ4n) is 2.55. The Hall–Kier alpha value is -2.98. The summed E-state index contributed by atoms with van der Waals surface area (Å²) in [5.41, 5.74) is 1.33. The summed E-state index contributed by atoms with van der Waals surface area (Å²) in [6, 6.07) is 9.55. The van der Waals surface area contributed by atoms with E-state index >= 15 is 0 Å². The minimum Gasteiger partial charge on any atom is -0.480 e. The Balaban J connectivity index is 1.99. The fraction of sp³-hybridized carbons (Fsp3) is 0.300. The first kappa shape index (κ1) is 23.3. The lowest BCUT2D eigenvalue weighted by Crippen LogP contribution is -2.56. The summed E-state index contributed by atoms with van der Waals surface area (Å²) in [7, 11) is 0. The van der Waals surface area contributed by atoms with Gasteiger partial charge in [0.25, 0.3) is 0 Å². The zero-order valence-corrected chi connectivity index (χ0v) is 17.7. The number of hydrogen-bond donors (Lipinski definition) is 4. The number of amides is 2. The molecule has 1 aromatic carbocycles. The van der Waals surface area contributed by atoms with Crippen LogP contribution in [0.3, 0.4) is 0 Å². The molecule has 0 saturated heterocycles. The van der Waals surface area contributed by atoms with E-state index in [0.717, 1.165) is 5.56 Å². The third kappa shape index (κ3) is 7.12. The Morgan fingerprint density at radius 3 is 2.43 bits per heavy atom. The number of halogens is 1. The number of rotatable bonds is 9. The minimum atomic E-state index is -1.40. The molecule has 0 aliphatic heterocycles. The zero-order chi connectivity index (χ0) is 22.1. The van der Waals surface area contributed by atoms with Crippen LogP contribution in [-0.2, 0) is 27.4 Å². The molecule has 4 N–H and O–H groups in total. The van der Waals surface area contributed by atoms with Crippen LogP contribution in [0.25, 0.3) is 0 Å². The number of aliphatic hydroxyl groups excluding tert-OH is 1. The topological polar surface area (TPSA) is 138 Å². The molecule has 0 saturated carbocycles. The second kappa shape index (κ2) is 11.3. The molecule has 0 fully saturated rings. The van der Waals surface area contributed by atoms with Crippen LogP contribution >= 0.6 is 15.9 Å². The standard InChI is InChI=1S/C20H22BrN3O6/c1-12(25)16(24-20(29)30-11-13-6-3-2-4-7-13)18(26)23-15(19(27)28)10-14-8-5-9-22-17(14)21/h2-9,12,15-16,25H,10-11H2,1H3,(H,23,26)(H,24,29)(H,27,28)/t12-,15-,16+/m1/s1. The molecule has 2 aromatic rings. The number of ether oxygens (including phenoxy) is 1. The van der Waals surface area contributed by atoms with Crippen molar-refractivity contribution >= 4 is 33.9 Å². The smallest absolute Gasteiger partial charge is 0.408 e. The van der Waals surface area contributed by atoms with Gasteiger partial charge in [-0.1, -0.05) is 36.4 Å². The predicted molar refractivity (Wildman–Crippen MR) is 110 cm³/mol. The van der Waals surface area contributed by atoms with Gasteiger partial charge in [-0.3, -0.25) is 4.79 Å². The van der Waals surface area contributed by atoms with Crippen LogP contribution in [0.4, 0.5) is 4.79 Å². The summed E-state index contributed by atoms with van der Waals surface area (Å²) in [5.74, 6) is -2.12. The number of pyridine rings is 1. The van der Waals surface area contributed by atoms with Gasteiger partial charge in [0.1, 0.15) is 23.3 Å². The Morgan fingerprint density at radius 2 is 1.83 bits per heavy atom. The van der Waals surface area contributed by atoms with Gasteiger partial charge in [-0.2, -0.15) is 0 Å². The van der Waals surface area contributed by atoms with Gasteiger partial charge in [-0.25, -0.2) is 14.6 Å². The van der Waals surface area contributed by atoms with Gasteiger partial charge in [0, 0.05) is 12.6 Å². The number of aliphatic carboxylic acids is 1. The third-order valence-electron chi connectivity index (χ3n) is 4.13. The highest BCUT2D eigenvalue weighted by atomic mass is 79.9. The first-order valence-corrected chi connectivity index (χ1v) is 9.85. The number of carbonyl (C=O) groups excluding carboxylic acids is 2. The van der Waals surface area contributed by atoms with Crippen molar-refractivity contribution < 1.29 is 29.3 Å². The molecule has 1 heterocycles. The second-order valence-corrected chi connectivity index (χ2v) is 7.23. The highest BCUT2D eigenvalue weighted by molar-refractivity contribution is 9.10. The first-order valence-electron chi connectivity index (χ1n) is 9.05. The lowest BCUT2D eigenvalue weighted by molar-refractivity contribution is -0.142. The van der Waals surface area contributed by atoms with Crippen molar-refractivity contribution in [2.45, 2.75) is 38.1 Å².